The van der Waals surface area contributed by atoms with E-state index in [1.165, 1.54) is 0 Å². The van der Waals surface area contributed by atoms with Crippen molar-refractivity contribution in [2.24, 2.45) is 5.41 Å². The number of hydrogen-bond acceptors (Lipinski definition) is 1. The first-order chi connectivity index (χ1) is 7.36. The van der Waals surface area contributed by atoms with Crippen molar-refractivity contribution in [3.05, 3.63) is 28.2 Å². The maximum absolute atomic E-state index is 11.8. The number of rotatable bonds is 3. The van der Waals surface area contributed by atoms with Crippen molar-refractivity contribution in [1.29, 1.82) is 0 Å². The molecule has 0 heterocycles. The molecule has 0 aromatic heterocycles. The zero-order valence-electron chi connectivity index (χ0n) is 8.98. The molecule has 0 saturated carbocycles. The lowest BCUT2D eigenvalue weighted by molar-refractivity contribution is -0.122. The number of anilines is 1. The van der Waals surface area contributed by atoms with Gasteiger partial charge in [0.15, 0.2) is 0 Å². The van der Waals surface area contributed by atoms with E-state index < -0.39 is 5.41 Å². The highest BCUT2D eigenvalue weighted by Crippen LogP contribution is 2.27. The minimum Gasteiger partial charge on any atom is -0.324 e. The van der Waals surface area contributed by atoms with Crippen molar-refractivity contribution in [3.8, 4) is 0 Å². The van der Waals surface area contributed by atoms with Crippen LogP contribution in [0.3, 0.4) is 0 Å². The SMILES string of the molecule is CC(C)(CCl)C(=O)Nc1ccc(Cl)cc1Cl. The molecular formula is C11H12Cl3NO. The van der Waals surface area contributed by atoms with Crippen LogP contribution in [0.25, 0.3) is 0 Å². The monoisotopic (exact) mass is 279 g/mol. The first kappa shape index (κ1) is 13.6. The average Bonchev–Trinajstić information content (AvgIpc) is 2.22. The van der Waals surface area contributed by atoms with Gasteiger partial charge in [0, 0.05) is 10.9 Å². The molecule has 16 heavy (non-hydrogen) atoms. The van der Waals surface area contributed by atoms with Crippen LogP contribution in [0, 0.1) is 5.41 Å². The highest BCUT2D eigenvalue weighted by Gasteiger charge is 2.26. The molecule has 1 aromatic rings. The zero-order chi connectivity index (χ0) is 12.3. The minimum atomic E-state index is -0.634. The molecule has 88 valence electrons. The molecule has 1 aromatic carbocycles. The van der Waals surface area contributed by atoms with Gasteiger partial charge >= 0.3 is 0 Å². The van der Waals surface area contributed by atoms with E-state index in [2.05, 4.69) is 5.32 Å². The predicted molar refractivity (Wildman–Crippen MR) is 69.6 cm³/mol. The predicted octanol–water partition coefficient (Wildman–Crippen LogP) is 4.20. The number of nitrogens with one attached hydrogen (secondary N) is 1. The Morgan fingerprint density at radius 3 is 2.50 bits per heavy atom. The van der Waals surface area contributed by atoms with Crippen molar-refractivity contribution in [1.82, 2.24) is 0 Å². The molecule has 0 aliphatic rings. The Morgan fingerprint density at radius 2 is 2.00 bits per heavy atom. The lowest BCUT2D eigenvalue weighted by Gasteiger charge is -2.20. The fourth-order valence-electron chi connectivity index (χ4n) is 0.943. The second kappa shape index (κ2) is 5.26. The van der Waals surface area contributed by atoms with Crippen molar-refractivity contribution >= 4 is 46.4 Å². The van der Waals surface area contributed by atoms with Crippen LogP contribution < -0.4 is 5.32 Å². The van der Waals surface area contributed by atoms with E-state index in [9.17, 15) is 4.79 Å². The number of amides is 1. The van der Waals surface area contributed by atoms with Crippen molar-refractivity contribution < 1.29 is 4.79 Å². The summed E-state index contributed by atoms with van der Waals surface area (Å²) in [6.07, 6.45) is 0. The van der Waals surface area contributed by atoms with Crippen molar-refractivity contribution in [3.63, 3.8) is 0 Å². The minimum absolute atomic E-state index is 0.174. The van der Waals surface area contributed by atoms with Crippen LogP contribution in [-0.4, -0.2) is 11.8 Å². The highest BCUT2D eigenvalue weighted by molar-refractivity contribution is 6.36. The van der Waals surface area contributed by atoms with Gasteiger partial charge in [-0.15, -0.1) is 11.6 Å². The standard InChI is InChI=1S/C11H12Cl3NO/c1-11(2,6-12)10(16)15-9-4-3-7(13)5-8(9)14/h3-5H,6H2,1-2H3,(H,15,16). The summed E-state index contributed by atoms with van der Waals surface area (Å²) in [4.78, 5) is 11.8. The Labute approximate surface area is 110 Å². The third-order valence-electron chi connectivity index (χ3n) is 2.13. The number of carbonyl (C=O) groups is 1. The molecule has 0 atom stereocenters. The smallest absolute Gasteiger partial charge is 0.231 e. The van der Waals surface area contributed by atoms with Gasteiger partial charge in [0.2, 0.25) is 5.91 Å². The maximum Gasteiger partial charge on any atom is 0.231 e. The van der Waals surface area contributed by atoms with Crippen LogP contribution in [0.1, 0.15) is 13.8 Å². The fourth-order valence-corrected chi connectivity index (χ4v) is 1.52. The maximum atomic E-state index is 11.8. The van der Waals surface area contributed by atoms with Gasteiger partial charge in [-0.05, 0) is 32.0 Å². The fraction of sp³-hybridized carbons (Fsp3) is 0.364. The topological polar surface area (TPSA) is 29.1 Å². The van der Waals surface area contributed by atoms with Gasteiger partial charge in [0.1, 0.15) is 0 Å². The lowest BCUT2D eigenvalue weighted by atomic mass is 9.95. The molecule has 0 fully saturated rings. The van der Waals surface area contributed by atoms with Crippen LogP contribution >= 0.6 is 34.8 Å². The molecule has 1 amide bonds. The summed E-state index contributed by atoms with van der Waals surface area (Å²) in [6, 6.07) is 4.90. The number of hydrogen-bond donors (Lipinski definition) is 1. The quantitative estimate of drug-likeness (QED) is 0.826. The number of alkyl halides is 1. The molecule has 0 unspecified atom stereocenters. The summed E-state index contributed by atoms with van der Waals surface area (Å²) in [6.45, 7) is 3.53. The van der Waals surface area contributed by atoms with E-state index >= 15 is 0 Å². The molecule has 0 aliphatic heterocycles. The number of benzene rings is 1. The van der Waals surface area contributed by atoms with Gasteiger partial charge in [-0.2, -0.15) is 0 Å². The van der Waals surface area contributed by atoms with Crippen LogP contribution in [-0.2, 0) is 4.79 Å². The molecule has 5 heteroatoms. The molecule has 1 N–H and O–H groups in total. The number of carbonyl (C=O) groups excluding carboxylic acids is 1. The van der Waals surface area contributed by atoms with E-state index in [0.29, 0.717) is 15.7 Å². The third-order valence-corrected chi connectivity index (χ3v) is 3.34. The Morgan fingerprint density at radius 1 is 1.38 bits per heavy atom. The molecule has 0 saturated heterocycles. The molecule has 0 radical (unpaired) electrons. The van der Waals surface area contributed by atoms with Gasteiger partial charge in [-0.1, -0.05) is 23.2 Å². The molecule has 0 bridgehead atoms. The third kappa shape index (κ3) is 3.27. The Kier molecular flexibility index (Phi) is 4.48. The van der Waals surface area contributed by atoms with Crippen LogP contribution in [0.2, 0.25) is 10.0 Å². The molecule has 0 spiro atoms. The summed E-state index contributed by atoms with van der Waals surface area (Å²) in [7, 11) is 0. The Hall–Kier alpha value is -0.440. The second-order valence-electron chi connectivity index (χ2n) is 4.10. The van der Waals surface area contributed by atoms with E-state index in [-0.39, 0.29) is 11.8 Å². The van der Waals surface area contributed by atoms with Crippen LogP contribution in [0.15, 0.2) is 18.2 Å². The zero-order valence-corrected chi connectivity index (χ0v) is 11.2. The summed E-state index contributed by atoms with van der Waals surface area (Å²) in [5.41, 5.74) is -0.0981. The summed E-state index contributed by atoms with van der Waals surface area (Å²) >= 11 is 17.4. The van der Waals surface area contributed by atoms with Crippen molar-refractivity contribution in [2.75, 3.05) is 11.2 Å². The number of halogens is 3. The first-order valence-corrected chi connectivity index (χ1v) is 5.98. The molecular weight excluding hydrogens is 268 g/mol. The molecule has 2 nitrogen and oxygen atoms in total. The molecule has 1 rings (SSSR count). The lowest BCUT2D eigenvalue weighted by Crippen LogP contribution is -2.32. The van der Waals surface area contributed by atoms with Gasteiger partial charge in [-0.3, -0.25) is 4.79 Å². The Bertz CT molecular complexity index is 404. The van der Waals surface area contributed by atoms with Gasteiger partial charge < -0.3 is 5.32 Å². The van der Waals surface area contributed by atoms with E-state index in [4.69, 9.17) is 34.8 Å². The van der Waals surface area contributed by atoms with Crippen molar-refractivity contribution in [2.45, 2.75) is 13.8 Å². The first-order valence-electron chi connectivity index (χ1n) is 4.69. The van der Waals surface area contributed by atoms with Crippen LogP contribution in [0.5, 0.6) is 0 Å². The summed E-state index contributed by atoms with van der Waals surface area (Å²) < 4.78 is 0. The van der Waals surface area contributed by atoms with E-state index in [0.717, 1.165) is 0 Å². The summed E-state index contributed by atoms with van der Waals surface area (Å²) in [5, 5.41) is 3.65. The van der Waals surface area contributed by atoms with Gasteiger partial charge in [0.05, 0.1) is 16.1 Å². The van der Waals surface area contributed by atoms with Gasteiger partial charge in [-0.25, -0.2) is 0 Å². The van der Waals surface area contributed by atoms with E-state index in [1.807, 2.05) is 0 Å². The molecule has 0 aliphatic carbocycles. The normalized spacial score (nSPS) is 11.3. The largest absolute Gasteiger partial charge is 0.324 e. The van der Waals surface area contributed by atoms with Gasteiger partial charge in [0.25, 0.3) is 0 Å². The Balaban J connectivity index is 2.85. The van der Waals surface area contributed by atoms with Crippen LogP contribution in [0.4, 0.5) is 5.69 Å². The summed E-state index contributed by atoms with van der Waals surface area (Å²) in [5.74, 6) is 0.0658. The van der Waals surface area contributed by atoms with E-state index in [1.54, 1.807) is 32.0 Å². The average molecular weight is 281 g/mol. The highest BCUT2D eigenvalue weighted by atomic mass is 35.5. The second-order valence-corrected chi connectivity index (χ2v) is 5.21.